The van der Waals surface area contributed by atoms with Gasteiger partial charge in [0, 0.05) is 10.6 Å². The van der Waals surface area contributed by atoms with Crippen LogP contribution in [0.25, 0.3) is 10.5 Å². The van der Waals surface area contributed by atoms with Crippen LogP contribution in [0.3, 0.4) is 0 Å². The number of hydrogen-bond acceptors (Lipinski definition) is 7. The van der Waals surface area contributed by atoms with E-state index in [1.54, 1.807) is 10.6 Å². The Labute approximate surface area is 158 Å². The van der Waals surface area contributed by atoms with Crippen LogP contribution >= 0.6 is 22.9 Å². The topological polar surface area (TPSA) is 75.0 Å². The molecule has 0 spiro atoms. The molecule has 2 heterocycles. The highest BCUT2D eigenvalue weighted by molar-refractivity contribution is 7.18. The molecule has 0 fully saturated rings. The maximum Gasteiger partial charge on any atom is 0.342 e. The summed E-state index contributed by atoms with van der Waals surface area (Å²) >= 11 is 7.41. The second-order valence-electron chi connectivity index (χ2n) is 5.24. The van der Waals surface area contributed by atoms with Crippen LogP contribution in [-0.4, -0.2) is 34.8 Å². The summed E-state index contributed by atoms with van der Waals surface area (Å²) < 4.78 is 17.0. The Morgan fingerprint density at radius 1 is 1.35 bits per heavy atom. The molecular weight excluding hydrogens is 378 g/mol. The van der Waals surface area contributed by atoms with Crippen LogP contribution in [0.15, 0.2) is 30.5 Å². The van der Waals surface area contributed by atoms with E-state index >= 15 is 0 Å². The van der Waals surface area contributed by atoms with E-state index in [0.717, 1.165) is 11.3 Å². The van der Waals surface area contributed by atoms with Crippen molar-refractivity contribution in [3.63, 3.8) is 0 Å². The smallest absolute Gasteiger partial charge is 0.342 e. The highest BCUT2D eigenvalue weighted by Crippen LogP contribution is 2.30. The molecule has 0 aliphatic rings. The maximum absolute atomic E-state index is 12.0. The first kappa shape index (κ1) is 18.2. The number of fused-ring (bicyclic) bond motifs is 1. The number of methoxy groups -OCH3 is 2. The molecule has 136 valence electrons. The van der Waals surface area contributed by atoms with Gasteiger partial charge in [0.2, 0.25) is 4.96 Å². The van der Waals surface area contributed by atoms with Gasteiger partial charge < -0.3 is 14.2 Å². The first-order valence-corrected chi connectivity index (χ1v) is 8.78. The average Bonchev–Trinajstić information content (AvgIpc) is 3.17. The van der Waals surface area contributed by atoms with E-state index < -0.39 is 5.97 Å². The van der Waals surface area contributed by atoms with Crippen molar-refractivity contribution in [3.05, 3.63) is 51.7 Å². The zero-order chi connectivity index (χ0) is 18.7. The number of rotatable bonds is 6. The monoisotopic (exact) mass is 393 g/mol. The highest BCUT2D eigenvalue weighted by Gasteiger charge is 2.22. The van der Waals surface area contributed by atoms with Gasteiger partial charge in [0.1, 0.15) is 12.2 Å². The quantitative estimate of drug-likeness (QED) is 0.362. The fraction of sp³-hybridized carbons (Fsp3) is 0.235. The zero-order valence-electron chi connectivity index (χ0n) is 14.4. The Morgan fingerprint density at radius 2 is 2.12 bits per heavy atom. The van der Waals surface area contributed by atoms with Gasteiger partial charge in [-0.3, -0.25) is 0 Å². The predicted octanol–water partition coefficient (Wildman–Crippen LogP) is 3.49. The van der Waals surface area contributed by atoms with Gasteiger partial charge in [0.05, 0.1) is 31.1 Å². The molecule has 0 unspecified atom stereocenters. The Bertz CT molecular complexity index is 980. The number of thiazole rings is 1. The largest absolute Gasteiger partial charge is 0.503 e. The van der Waals surface area contributed by atoms with E-state index in [0.29, 0.717) is 20.4 Å². The minimum atomic E-state index is -0.491. The predicted molar refractivity (Wildman–Crippen MR) is 98.4 cm³/mol. The molecule has 3 aromatic rings. The van der Waals surface area contributed by atoms with Crippen molar-refractivity contribution in [1.29, 1.82) is 0 Å². The molecule has 0 N–H and O–H groups in total. The Kier molecular flexibility index (Phi) is 5.43. The Balaban J connectivity index is 1.86. The van der Waals surface area contributed by atoms with Crippen molar-refractivity contribution in [3.8, 4) is 6.01 Å². The normalized spacial score (nSPS) is 11.6. The van der Waals surface area contributed by atoms with Crippen molar-refractivity contribution in [2.75, 3.05) is 14.2 Å². The third kappa shape index (κ3) is 3.51. The molecule has 7 nitrogen and oxygen atoms in total. The molecule has 0 saturated carbocycles. The molecule has 0 amide bonds. The molecule has 2 aromatic heterocycles. The van der Waals surface area contributed by atoms with Crippen LogP contribution in [0, 0.1) is 6.92 Å². The fourth-order valence-electron chi connectivity index (χ4n) is 2.32. The van der Waals surface area contributed by atoms with E-state index in [1.165, 1.54) is 31.8 Å². The fourth-order valence-corrected chi connectivity index (χ4v) is 3.55. The summed E-state index contributed by atoms with van der Waals surface area (Å²) in [4.78, 5) is 17.6. The Hall–Kier alpha value is -2.58. The maximum atomic E-state index is 12.0. The molecule has 0 radical (unpaired) electrons. The molecule has 1 aromatic carbocycles. The highest BCUT2D eigenvalue weighted by atomic mass is 35.5. The molecular formula is C17H16ClN3O4S. The van der Waals surface area contributed by atoms with Crippen LogP contribution in [0.5, 0.6) is 6.01 Å². The standard InChI is InChI=1S/C17H16ClN3O4S/c1-10-14(12(9-23-2)15(22)24-3)26-17-19-16(20-21(10)17)25-8-11-6-4-5-7-13(11)18/h4-7,9H,8H2,1-3H3/b12-9-. The molecule has 0 aliphatic heterocycles. The molecule has 3 rings (SSSR count). The van der Waals surface area contributed by atoms with Crippen molar-refractivity contribution in [1.82, 2.24) is 14.6 Å². The summed E-state index contributed by atoms with van der Waals surface area (Å²) in [6.07, 6.45) is 1.35. The third-order valence-electron chi connectivity index (χ3n) is 3.60. The average molecular weight is 394 g/mol. The summed E-state index contributed by atoms with van der Waals surface area (Å²) in [5, 5.41) is 4.96. The number of nitrogens with zero attached hydrogens (tertiary/aromatic N) is 3. The summed E-state index contributed by atoms with van der Waals surface area (Å²) in [7, 11) is 2.79. The number of halogens is 1. The van der Waals surface area contributed by atoms with Gasteiger partial charge in [-0.15, -0.1) is 5.10 Å². The van der Waals surface area contributed by atoms with Gasteiger partial charge in [-0.25, -0.2) is 9.31 Å². The van der Waals surface area contributed by atoms with Crippen LogP contribution in [0.4, 0.5) is 0 Å². The first-order valence-electron chi connectivity index (χ1n) is 7.59. The van der Waals surface area contributed by atoms with Crippen molar-refractivity contribution >= 4 is 39.4 Å². The van der Waals surface area contributed by atoms with Crippen LogP contribution < -0.4 is 4.74 Å². The molecule has 26 heavy (non-hydrogen) atoms. The molecule has 0 saturated heterocycles. The van der Waals surface area contributed by atoms with Gasteiger partial charge >= 0.3 is 12.0 Å². The van der Waals surface area contributed by atoms with E-state index in [1.807, 2.05) is 25.1 Å². The summed E-state index contributed by atoms with van der Waals surface area (Å²) in [5.74, 6) is -0.491. The second-order valence-corrected chi connectivity index (χ2v) is 6.63. The van der Waals surface area contributed by atoms with Crippen LogP contribution in [0.2, 0.25) is 5.02 Å². The lowest BCUT2D eigenvalue weighted by Gasteiger charge is -2.04. The number of carbonyl (C=O) groups is 1. The van der Waals surface area contributed by atoms with Gasteiger partial charge in [-0.2, -0.15) is 4.98 Å². The number of esters is 1. The number of hydrogen-bond donors (Lipinski definition) is 0. The summed E-state index contributed by atoms with van der Waals surface area (Å²) in [6, 6.07) is 7.65. The van der Waals surface area contributed by atoms with Crippen molar-refractivity contribution < 1.29 is 19.0 Å². The lowest BCUT2D eigenvalue weighted by Crippen LogP contribution is -2.05. The van der Waals surface area contributed by atoms with Gasteiger partial charge in [0.15, 0.2) is 0 Å². The second kappa shape index (κ2) is 7.76. The molecule has 9 heteroatoms. The van der Waals surface area contributed by atoms with Gasteiger partial charge in [-0.1, -0.05) is 41.1 Å². The minimum Gasteiger partial charge on any atom is -0.503 e. The minimum absolute atomic E-state index is 0.237. The summed E-state index contributed by atoms with van der Waals surface area (Å²) in [6.45, 7) is 2.10. The van der Waals surface area contributed by atoms with E-state index in [9.17, 15) is 4.79 Å². The van der Waals surface area contributed by atoms with E-state index in [4.69, 9.17) is 25.8 Å². The van der Waals surface area contributed by atoms with E-state index in [2.05, 4.69) is 10.1 Å². The van der Waals surface area contributed by atoms with Gasteiger partial charge in [0.25, 0.3) is 0 Å². The summed E-state index contributed by atoms with van der Waals surface area (Å²) in [5.41, 5.74) is 1.89. The first-order chi connectivity index (χ1) is 12.5. The molecule has 0 bridgehead atoms. The van der Waals surface area contributed by atoms with Crippen LogP contribution in [0.1, 0.15) is 16.1 Å². The van der Waals surface area contributed by atoms with Crippen molar-refractivity contribution in [2.45, 2.75) is 13.5 Å². The molecule has 0 aliphatic carbocycles. The van der Waals surface area contributed by atoms with Gasteiger partial charge in [-0.05, 0) is 13.0 Å². The van der Waals surface area contributed by atoms with Crippen LogP contribution in [-0.2, 0) is 20.9 Å². The van der Waals surface area contributed by atoms with E-state index in [-0.39, 0.29) is 12.6 Å². The number of carbonyl (C=O) groups excluding carboxylic acids is 1. The van der Waals surface area contributed by atoms with Crippen molar-refractivity contribution in [2.24, 2.45) is 0 Å². The Morgan fingerprint density at radius 3 is 2.77 bits per heavy atom. The molecule has 0 atom stereocenters. The lowest BCUT2D eigenvalue weighted by atomic mass is 10.2. The number of ether oxygens (including phenoxy) is 3. The number of aromatic nitrogens is 3. The SMILES string of the molecule is CO/C=C(\C(=O)OC)c1sc2nc(OCc3ccccc3Cl)nn2c1C. The number of aryl methyl sites for hydroxylation is 1. The third-order valence-corrected chi connectivity index (χ3v) is 5.13. The lowest BCUT2D eigenvalue weighted by molar-refractivity contribution is -0.133. The number of benzene rings is 1. The zero-order valence-corrected chi connectivity index (χ0v) is 15.9.